The number of nitro groups is 1. The Bertz CT molecular complexity index is 738. The van der Waals surface area contributed by atoms with E-state index in [9.17, 15) is 15.2 Å². The summed E-state index contributed by atoms with van der Waals surface area (Å²) in [6.07, 6.45) is -0.708. The van der Waals surface area contributed by atoms with Crippen LogP contribution in [0.4, 0.5) is 11.4 Å². The molecule has 0 heterocycles. The van der Waals surface area contributed by atoms with Crippen molar-refractivity contribution >= 4 is 11.4 Å². The van der Waals surface area contributed by atoms with Gasteiger partial charge in [-0.3, -0.25) is 10.1 Å². The van der Waals surface area contributed by atoms with E-state index in [1.165, 1.54) is 18.2 Å². The first-order valence-corrected chi connectivity index (χ1v) is 6.68. The molecule has 0 aromatic heterocycles. The van der Waals surface area contributed by atoms with E-state index in [-0.39, 0.29) is 17.8 Å². The molecule has 0 spiro atoms. The first-order valence-electron chi connectivity index (χ1n) is 6.68. The zero-order chi connectivity index (χ0) is 16.1. The lowest BCUT2D eigenvalue weighted by Gasteiger charge is -2.14. The number of nitrogens with zero attached hydrogens (tertiary/aromatic N) is 2. The highest BCUT2D eigenvalue weighted by molar-refractivity contribution is 5.58. The number of anilines is 1. The minimum absolute atomic E-state index is 0.0138. The summed E-state index contributed by atoms with van der Waals surface area (Å²) in [5, 5.41) is 32.8. The maximum Gasteiger partial charge on any atom is 0.287 e. The minimum atomic E-state index is -0.708. The van der Waals surface area contributed by atoms with Gasteiger partial charge in [-0.25, -0.2) is 0 Å². The fourth-order valence-corrected chi connectivity index (χ4v) is 2.10. The van der Waals surface area contributed by atoms with Gasteiger partial charge in [0.05, 0.1) is 11.0 Å². The monoisotopic (exact) mass is 297 g/mol. The van der Waals surface area contributed by atoms with Crippen molar-refractivity contribution in [2.75, 3.05) is 11.9 Å². The summed E-state index contributed by atoms with van der Waals surface area (Å²) in [5.41, 5.74) is 2.15. The zero-order valence-corrected chi connectivity index (χ0v) is 12.0. The van der Waals surface area contributed by atoms with Gasteiger partial charge in [-0.05, 0) is 24.6 Å². The van der Waals surface area contributed by atoms with Crippen molar-refractivity contribution in [3.63, 3.8) is 0 Å². The molecular formula is C16H15N3O3. The Kier molecular flexibility index (Phi) is 4.71. The highest BCUT2D eigenvalue weighted by Gasteiger charge is 2.14. The molecule has 2 aromatic rings. The Hall–Kier alpha value is -2.91. The molecule has 0 aliphatic carbocycles. The van der Waals surface area contributed by atoms with Gasteiger partial charge >= 0.3 is 0 Å². The van der Waals surface area contributed by atoms with Gasteiger partial charge in [-0.15, -0.1) is 0 Å². The molecule has 0 saturated heterocycles. The molecule has 22 heavy (non-hydrogen) atoms. The fraction of sp³-hybridized carbons (Fsp3) is 0.188. The molecule has 112 valence electrons. The molecule has 0 fully saturated rings. The van der Waals surface area contributed by atoms with Crippen molar-refractivity contribution in [1.82, 2.24) is 0 Å². The molecule has 1 atom stereocenters. The van der Waals surface area contributed by atoms with E-state index >= 15 is 0 Å². The number of aliphatic hydroxyl groups excluding tert-OH is 1. The zero-order valence-electron chi connectivity index (χ0n) is 12.0. The van der Waals surface area contributed by atoms with Gasteiger partial charge in [0.2, 0.25) is 0 Å². The van der Waals surface area contributed by atoms with E-state index in [4.69, 9.17) is 5.26 Å². The van der Waals surface area contributed by atoms with Crippen LogP contribution in [0, 0.1) is 28.4 Å². The van der Waals surface area contributed by atoms with Crippen LogP contribution in [0.2, 0.25) is 0 Å². The molecule has 2 aromatic carbocycles. The summed E-state index contributed by atoms with van der Waals surface area (Å²) in [5.74, 6) is 0. The molecule has 0 unspecified atom stereocenters. The van der Waals surface area contributed by atoms with E-state index in [2.05, 4.69) is 5.32 Å². The maximum atomic E-state index is 10.8. The van der Waals surface area contributed by atoms with Crippen LogP contribution in [0.5, 0.6) is 0 Å². The van der Waals surface area contributed by atoms with Crippen LogP contribution in [0.15, 0.2) is 42.5 Å². The van der Waals surface area contributed by atoms with Crippen molar-refractivity contribution in [3.8, 4) is 6.07 Å². The standard InChI is InChI=1S/C16H15N3O3/c1-11-3-2-4-12(7-11)16(20)10-18-14-5-6-15(19(21)22)13(8-14)9-17/h2-8,16,18,20H,10H2,1H3/t16-/m0/s1. The molecule has 0 radical (unpaired) electrons. The average Bonchev–Trinajstić information content (AvgIpc) is 2.52. The molecule has 6 heteroatoms. The number of hydrogen-bond donors (Lipinski definition) is 2. The third-order valence-electron chi connectivity index (χ3n) is 3.24. The molecule has 0 saturated carbocycles. The van der Waals surface area contributed by atoms with E-state index < -0.39 is 11.0 Å². The van der Waals surface area contributed by atoms with Crippen LogP contribution in [-0.4, -0.2) is 16.6 Å². The lowest BCUT2D eigenvalue weighted by atomic mass is 10.1. The number of aliphatic hydroxyl groups is 1. The normalized spacial score (nSPS) is 11.5. The summed E-state index contributed by atoms with van der Waals surface area (Å²) >= 11 is 0. The van der Waals surface area contributed by atoms with E-state index in [1.54, 1.807) is 6.07 Å². The maximum absolute atomic E-state index is 10.8. The number of aryl methyl sites for hydroxylation is 1. The average molecular weight is 297 g/mol. The number of benzene rings is 2. The van der Waals surface area contributed by atoms with Crippen molar-refractivity contribution < 1.29 is 10.0 Å². The smallest absolute Gasteiger partial charge is 0.287 e. The van der Waals surface area contributed by atoms with Crippen molar-refractivity contribution in [3.05, 3.63) is 69.3 Å². The first kappa shape index (κ1) is 15.5. The molecular weight excluding hydrogens is 282 g/mol. The number of hydrogen-bond acceptors (Lipinski definition) is 5. The number of rotatable bonds is 5. The predicted molar refractivity (Wildman–Crippen MR) is 82.4 cm³/mol. The fourth-order valence-electron chi connectivity index (χ4n) is 2.10. The summed E-state index contributed by atoms with van der Waals surface area (Å²) in [6, 6.07) is 13.5. The van der Waals surface area contributed by atoms with Crippen LogP contribution in [0.1, 0.15) is 22.8 Å². The van der Waals surface area contributed by atoms with Crippen LogP contribution < -0.4 is 5.32 Å². The van der Waals surface area contributed by atoms with Gasteiger partial charge in [0.25, 0.3) is 5.69 Å². The lowest BCUT2D eigenvalue weighted by Crippen LogP contribution is -2.12. The number of nitrogens with one attached hydrogen (secondary N) is 1. The van der Waals surface area contributed by atoms with Gasteiger partial charge in [0.15, 0.2) is 0 Å². The Morgan fingerprint density at radius 3 is 2.77 bits per heavy atom. The third-order valence-corrected chi connectivity index (χ3v) is 3.24. The number of nitro benzene ring substituents is 1. The Labute approximate surface area is 127 Å². The number of nitriles is 1. The molecule has 0 aliphatic rings. The topological polar surface area (TPSA) is 99.2 Å². The van der Waals surface area contributed by atoms with Crippen LogP contribution in [0.3, 0.4) is 0 Å². The third kappa shape index (κ3) is 3.59. The van der Waals surface area contributed by atoms with Crippen molar-refractivity contribution in [1.29, 1.82) is 5.26 Å². The summed E-state index contributed by atoms with van der Waals surface area (Å²) in [6.45, 7) is 2.19. The van der Waals surface area contributed by atoms with Gasteiger partial charge in [-0.2, -0.15) is 5.26 Å². The highest BCUT2D eigenvalue weighted by Crippen LogP contribution is 2.22. The van der Waals surface area contributed by atoms with Crippen LogP contribution >= 0.6 is 0 Å². The first-order chi connectivity index (χ1) is 10.5. The SMILES string of the molecule is Cc1cccc([C@@H](O)CNc2ccc([N+](=O)[O-])c(C#N)c2)c1. The minimum Gasteiger partial charge on any atom is -0.387 e. The summed E-state index contributed by atoms with van der Waals surface area (Å²) in [7, 11) is 0. The van der Waals surface area contributed by atoms with Gasteiger partial charge in [-0.1, -0.05) is 29.8 Å². The summed E-state index contributed by atoms with van der Waals surface area (Å²) < 4.78 is 0. The summed E-state index contributed by atoms with van der Waals surface area (Å²) in [4.78, 5) is 10.2. The second-order valence-corrected chi connectivity index (χ2v) is 4.91. The van der Waals surface area contributed by atoms with Gasteiger partial charge < -0.3 is 10.4 Å². The molecule has 0 bridgehead atoms. The highest BCUT2D eigenvalue weighted by atomic mass is 16.6. The largest absolute Gasteiger partial charge is 0.387 e. The van der Waals surface area contributed by atoms with Crippen LogP contribution in [-0.2, 0) is 0 Å². The van der Waals surface area contributed by atoms with E-state index in [0.29, 0.717) is 5.69 Å². The Balaban J connectivity index is 2.09. The molecule has 2 rings (SSSR count). The molecule has 2 N–H and O–H groups in total. The molecule has 0 aliphatic heterocycles. The predicted octanol–water partition coefficient (Wildman–Crippen LogP) is 2.92. The molecule has 6 nitrogen and oxygen atoms in total. The molecule has 0 amide bonds. The lowest BCUT2D eigenvalue weighted by molar-refractivity contribution is -0.385. The second kappa shape index (κ2) is 6.70. The second-order valence-electron chi connectivity index (χ2n) is 4.91. The van der Waals surface area contributed by atoms with E-state index in [1.807, 2.05) is 31.2 Å². The van der Waals surface area contributed by atoms with Crippen molar-refractivity contribution in [2.45, 2.75) is 13.0 Å². The van der Waals surface area contributed by atoms with Crippen molar-refractivity contribution in [2.24, 2.45) is 0 Å². The quantitative estimate of drug-likeness (QED) is 0.653. The van der Waals surface area contributed by atoms with Gasteiger partial charge in [0.1, 0.15) is 11.6 Å². The van der Waals surface area contributed by atoms with E-state index in [0.717, 1.165) is 11.1 Å². The van der Waals surface area contributed by atoms with Gasteiger partial charge in [0, 0.05) is 18.3 Å². The Morgan fingerprint density at radius 2 is 2.14 bits per heavy atom. The van der Waals surface area contributed by atoms with Crippen LogP contribution in [0.25, 0.3) is 0 Å². The Morgan fingerprint density at radius 1 is 1.36 bits per heavy atom.